The number of nitrogens with zero attached hydrogens (tertiary/aromatic N) is 3. The van der Waals surface area contributed by atoms with Gasteiger partial charge in [-0.1, -0.05) is 60.7 Å². The van der Waals surface area contributed by atoms with Gasteiger partial charge in [0.25, 0.3) is 7.82 Å². The third-order valence-corrected chi connectivity index (χ3v) is 9.62. The maximum Gasteiger partial charge on any atom is 1.00 e. The largest absolute Gasteiger partial charge is 1.00 e. The molecule has 0 heterocycles. The van der Waals surface area contributed by atoms with E-state index in [9.17, 15) is 53.9 Å². The van der Waals surface area contributed by atoms with E-state index < -0.39 is 101 Å². The number of rotatable bonds is 23. The first kappa shape index (κ1) is 57.2. The van der Waals surface area contributed by atoms with Crippen LogP contribution in [-0.4, -0.2) is 131 Å². The van der Waals surface area contributed by atoms with Gasteiger partial charge in [0.1, 0.15) is 0 Å². The van der Waals surface area contributed by atoms with Crippen LogP contribution in [0.4, 0.5) is 0 Å². The van der Waals surface area contributed by atoms with Gasteiger partial charge in [0.15, 0.2) is 0 Å². The third kappa shape index (κ3) is 20.8. The van der Waals surface area contributed by atoms with Crippen molar-refractivity contribution in [1.29, 1.82) is 0 Å². The normalized spacial score (nSPS) is 15.3. The molecule has 0 amide bonds. The second-order valence-electron chi connectivity index (χ2n) is 12.3. The summed E-state index contributed by atoms with van der Waals surface area (Å²) in [7, 11) is -5.11. The zero-order valence-electron chi connectivity index (χ0n) is 31.1. The first-order valence-electron chi connectivity index (χ1n) is 16.1. The van der Waals surface area contributed by atoms with E-state index in [2.05, 4.69) is 0 Å². The van der Waals surface area contributed by atoms with E-state index in [0.29, 0.717) is 25.7 Å². The molecule has 0 bridgehead atoms. The standard InChI is InChI=1S/C33H44N3O14P.Gd.3Na/c37-28(38)18-34(15-16-35(19-29(39)40)20-30(41)42)17-26(36(21-31(43)44)22-32(45)46)23-49-51(47,48)50-27-11-13-33(14-12-27,24-7-3-1-4-8-24)25-9-5-2-6-10-25;;;;/h1-10,26-27H,11-23H2,(H,37,38)(H,39,40)(H,41,42)(H,43,44)(H,45,46)(H,47,48);;;;/q;;3*+1/p-3/t26-;;;;/m1..../s1. The summed E-state index contributed by atoms with van der Waals surface area (Å²) in [5.41, 5.74) is 1.75. The molecule has 0 saturated heterocycles. The van der Waals surface area contributed by atoms with Crippen molar-refractivity contribution in [3.8, 4) is 0 Å². The van der Waals surface area contributed by atoms with E-state index in [0.717, 1.165) is 25.8 Å². The van der Waals surface area contributed by atoms with Crippen LogP contribution in [0.3, 0.4) is 0 Å². The summed E-state index contributed by atoms with van der Waals surface area (Å²) in [6.45, 7) is -6.17. The monoisotopic (exact) mass is 961 g/mol. The first-order chi connectivity index (χ1) is 24.1. The van der Waals surface area contributed by atoms with Gasteiger partial charge in [-0.3, -0.25) is 33.6 Å². The van der Waals surface area contributed by atoms with Gasteiger partial charge in [-0.2, -0.15) is 0 Å². The molecule has 3 rings (SSSR count). The van der Waals surface area contributed by atoms with Crippen LogP contribution < -0.4 is 104 Å². The van der Waals surface area contributed by atoms with E-state index in [1.54, 1.807) is 0 Å². The van der Waals surface area contributed by atoms with Crippen LogP contribution in [0.2, 0.25) is 0 Å². The van der Waals surface area contributed by atoms with Crippen LogP contribution >= 0.6 is 7.82 Å². The van der Waals surface area contributed by atoms with Crippen LogP contribution in [0.1, 0.15) is 36.8 Å². The summed E-state index contributed by atoms with van der Waals surface area (Å²) in [4.78, 5) is 73.2. The molecule has 0 aliphatic heterocycles. The summed E-state index contributed by atoms with van der Waals surface area (Å²) in [6.07, 6.45) is 1.01. The second kappa shape index (κ2) is 28.6. The van der Waals surface area contributed by atoms with E-state index in [4.69, 9.17) is 14.2 Å². The van der Waals surface area contributed by atoms with Gasteiger partial charge >= 0.3 is 107 Å². The Morgan fingerprint density at radius 3 is 1.56 bits per heavy atom. The van der Waals surface area contributed by atoms with Crippen molar-refractivity contribution >= 4 is 37.7 Å². The maximum absolute atomic E-state index is 13.1. The molecule has 1 aliphatic rings. The number of carbonyl (C=O) groups is 5. The molecule has 0 aromatic heterocycles. The van der Waals surface area contributed by atoms with Crippen molar-refractivity contribution in [2.45, 2.75) is 43.2 Å². The molecule has 1 aliphatic carbocycles. The van der Waals surface area contributed by atoms with Crippen LogP contribution in [-0.2, 0) is 43.0 Å². The fourth-order valence-corrected chi connectivity index (χ4v) is 7.35. The summed E-state index contributed by atoms with van der Waals surface area (Å²) in [5.74, 6) is -7.55. The quantitative estimate of drug-likeness (QED) is 0.0690. The van der Waals surface area contributed by atoms with Crippen molar-refractivity contribution in [1.82, 2.24) is 14.7 Å². The number of phosphoric acid groups is 1. The molecule has 55 heavy (non-hydrogen) atoms. The Balaban J connectivity index is 0. The van der Waals surface area contributed by atoms with Gasteiger partial charge in [-0.25, -0.2) is 0 Å². The molecule has 2 aromatic carbocycles. The van der Waals surface area contributed by atoms with Gasteiger partial charge < -0.3 is 49.1 Å². The Labute approximate surface area is 417 Å². The number of carboxylic acids is 5. The Hall–Kier alpha value is 0.105. The molecule has 0 spiro atoms. The Bertz CT molecular complexity index is 1470. The van der Waals surface area contributed by atoms with E-state index >= 15 is 0 Å². The Kier molecular flexibility index (Phi) is 29.7. The van der Waals surface area contributed by atoms with Crippen molar-refractivity contribution in [2.75, 3.05) is 59.0 Å². The minimum Gasteiger partial charge on any atom is -0.756 e. The Morgan fingerprint density at radius 1 is 0.727 bits per heavy atom. The molecule has 17 nitrogen and oxygen atoms in total. The van der Waals surface area contributed by atoms with Crippen molar-refractivity contribution in [2.24, 2.45) is 0 Å². The van der Waals surface area contributed by atoms with Crippen LogP contribution in [0, 0.1) is 39.9 Å². The smallest absolute Gasteiger partial charge is 0.756 e. The second-order valence-corrected chi connectivity index (χ2v) is 13.7. The van der Waals surface area contributed by atoms with Crippen molar-refractivity contribution in [3.63, 3.8) is 0 Å². The molecule has 1 fully saturated rings. The van der Waals surface area contributed by atoms with E-state index in [1.165, 1.54) is 0 Å². The predicted octanol–water partition coefficient (Wildman–Crippen LogP) is -10.5. The van der Waals surface area contributed by atoms with Crippen molar-refractivity contribution in [3.05, 3.63) is 71.8 Å². The molecule has 22 heteroatoms. The van der Waals surface area contributed by atoms with E-state index in [-0.39, 0.29) is 142 Å². The topological polar surface area (TPSA) is 260 Å². The number of carboxylic acid groups (broad SMARTS) is 5. The Morgan fingerprint density at radius 2 is 1.15 bits per heavy atom. The maximum atomic E-state index is 13.1. The average Bonchev–Trinajstić information content (AvgIpc) is 3.05. The number of carbonyl (C=O) groups excluding carboxylic acids is 2. The molecule has 2 atom stereocenters. The number of aliphatic carboxylic acids is 5. The van der Waals surface area contributed by atoms with Crippen molar-refractivity contribution < 1.29 is 197 Å². The molecule has 3 N–H and O–H groups in total. The SMILES string of the molecule is O=C([O-])CN(CCN(CC(=O)[O-])C[C@H](COP(=O)([O-])OC1CCC(c2ccccc2)(c2ccccc2)CC1)N(CC(=O)O)CC(=O)O)CC(=O)O.[Gd].[Na+].[Na+].[Na+]. The summed E-state index contributed by atoms with van der Waals surface area (Å²) < 4.78 is 23.8. The fourth-order valence-electron chi connectivity index (χ4n) is 6.36. The molecule has 1 saturated carbocycles. The van der Waals surface area contributed by atoms with Gasteiger partial charge in [0, 0.05) is 84.1 Å². The molecule has 288 valence electrons. The molecule has 2 aromatic rings. The number of hydrogen-bond acceptors (Lipinski definition) is 14. The van der Waals surface area contributed by atoms with E-state index in [1.807, 2.05) is 60.7 Å². The molecular formula is C33H41GdN3Na3O14P. The number of benzene rings is 2. The number of phosphoric ester groups is 1. The van der Waals surface area contributed by atoms with Gasteiger partial charge in [-0.15, -0.1) is 0 Å². The molecule has 1 unspecified atom stereocenters. The van der Waals surface area contributed by atoms with Gasteiger partial charge in [-0.05, 0) is 36.8 Å². The summed E-state index contributed by atoms with van der Waals surface area (Å²) in [5, 5.41) is 50.7. The minimum absolute atomic E-state index is 0. The average molecular weight is 961 g/mol. The summed E-state index contributed by atoms with van der Waals surface area (Å²) in [6, 6.07) is 18.3. The van der Waals surface area contributed by atoms with Crippen LogP contribution in [0.15, 0.2) is 60.7 Å². The van der Waals surface area contributed by atoms with Crippen LogP contribution in [0.25, 0.3) is 0 Å². The molecular weight excluding hydrogens is 920 g/mol. The fraction of sp³-hybridized carbons (Fsp3) is 0.485. The zero-order valence-corrected chi connectivity index (χ0v) is 40.3. The summed E-state index contributed by atoms with van der Waals surface area (Å²) >= 11 is 0. The third-order valence-electron chi connectivity index (χ3n) is 8.60. The van der Waals surface area contributed by atoms with Gasteiger partial charge in [0.2, 0.25) is 0 Å². The first-order valence-corrected chi connectivity index (χ1v) is 17.5. The minimum atomic E-state index is -5.11. The molecule has 0 radical (unpaired) electrons. The van der Waals surface area contributed by atoms with Crippen LogP contribution in [0.5, 0.6) is 0 Å². The number of hydrogen-bond donors (Lipinski definition) is 3. The zero-order chi connectivity index (χ0) is 37.6. The van der Waals surface area contributed by atoms with Gasteiger partial charge in [0.05, 0.1) is 44.3 Å². The predicted molar refractivity (Wildman–Crippen MR) is 172 cm³/mol.